The van der Waals surface area contributed by atoms with E-state index in [1.165, 1.54) is 24.4 Å². The number of aromatic hydroxyl groups is 3. The number of nitrogens with zero attached hydrogens (tertiary/aromatic N) is 2. The van der Waals surface area contributed by atoms with Crippen LogP contribution in [0.25, 0.3) is 0 Å². The summed E-state index contributed by atoms with van der Waals surface area (Å²) < 4.78 is 0. The Morgan fingerprint density at radius 1 is 0.818 bits per heavy atom. The molecule has 5 nitrogen and oxygen atoms in total. The highest BCUT2D eigenvalue weighted by atomic mass is 16.3. The van der Waals surface area contributed by atoms with Crippen molar-refractivity contribution in [2.24, 2.45) is 9.98 Å². The van der Waals surface area contributed by atoms with Gasteiger partial charge in [-0.25, -0.2) is 0 Å². The van der Waals surface area contributed by atoms with Crippen molar-refractivity contribution in [3.8, 4) is 17.2 Å². The van der Waals surface area contributed by atoms with Gasteiger partial charge >= 0.3 is 0 Å². The third kappa shape index (κ3) is 4.34. The Morgan fingerprint density at radius 3 is 2.00 bits per heavy atom. The first kappa shape index (κ1) is 15.6. The van der Waals surface area contributed by atoms with Crippen LogP contribution in [0.2, 0.25) is 0 Å². The maximum atomic E-state index is 9.67. The summed E-state index contributed by atoms with van der Waals surface area (Å²) in [6.07, 6.45) is 3.11. The molecule has 2 aromatic rings. The molecule has 0 radical (unpaired) electrons. The van der Waals surface area contributed by atoms with Gasteiger partial charge in [0.05, 0.1) is 13.1 Å². The normalized spacial score (nSPS) is 11.5. The lowest BCUT2D eigenvalue weighted by Crippen LogP contribution is -1.91. The molecule has 5 heteroatoms. The van der Waals surface area contributed by atoms with Gasteiger partial charge < -0.3 is 15.3 Å². The van der Waals surface area contributed by atoms with E-state index >= 15 is 0 Å². The number of phenolic OH excluding ortho intramolecular Hbond substituents is 3. The number of hydrogen-bond acceptors (Lipinski definition) is 5. The first-order valence-corrected chi connectivity index (χ1v) is 6.87. The van der Waals surface area contributed by atoms with Crippen molar-refractivity contribution >= 4 is 12.4 Å². The summed E-state index contributed by atoms with van der Waals surface area (Å²) in [6.45, 7) is 2.85. The Kier molecular flexibility index (Phi) is 5.14. The molecule has 2 rings (SSSR count). The third-order valence-corrected chi connectivity index (χ3v) is 3.01. The van der Waals surface area contributed by atoms with Crippen molar-refractivity contribution in [2.45, 2.75) is 6.92 Å². The first-order valence-electron chi connectivity index (χ1n) is 6.87. The predicted molar refractivity (Wildman–Crippen MR) is 87.5 cm³/mol. The van der Waals surface area contributed by atoms with Gasteiger partial charge in [0.1, 0.15) is 17.2 Å². The average Bonchev–Trinajstić information content (AvgIpc) is 2.49. The van der Waals surface area contributed by atoms with Gasteiger partial charge in [-0.2, -0.15) is 0 Å². The Morgan fingerprint density at radius 2 is 1.36 bits per heavy atom. The van der Waals surface area contributed by atoms with Gasteiger partial charge in [0.15, 0.2) is 0 Å². The van der Waals surface area contributed by atoms with Crippen LogP contribution in [0.4, 0.5) is 0 Å². The maximum absolute atomic E-state index is 9.67. The molecule has 0 unspecified atom stereocenters. The van der Waals surface area contributed by atoms with Crippen LogP contribution < -0.4 is 0 Å². The van der Waals surface area contributed by atoms with Gasteiger partial charge in [0, 0.05) is 23.6 Å². The molecule has 114 valence electrons. The van der Waals surface area contributed by atoms with Crippen LogP contribution >= 0.6 is 0 Å². The Balaban J connectivity index is 1.89. The van der Waals surface area contributed by atoms with Gasteiger partial charge in [-0.05, 0) is 37.3 Å². The van der Waals surface area contributed by atoms with E-state index in [2.05, 4.69) is 9.98 Å². The minimum Gasteiger partial charge on any atom is -0.508 e. The highest BCUT2D eigenvalue weighted by Gasteiger charge is 1.99. The van der Waals surface area contributed by atoms with E-state index in [4.69, 9.17) is 0 Å². The Hall–Kier alpha value is -2.82. The molecule has 3 N–H and O–H groups in total. The molecule has 0 fully saturated rings. The van der Waals surface area contributed by atoms with Gasteiger partial charge in [-0.15, -0.1) is 0 Å². The predicted octanol–water partition coefficient (Wildman–Crippen LogP) is 2.65. The second kappa shape index (κ2) is 7.26. The number of hydrogen-bond donors (Lipinski definition) is 3. The smallest absolute Gasteiger partial charge is 0.124 e. The minimum atomic E-state index is 0.0646. The highest BCUT2D eigenvalue weighted by molar-refractivity contribution is 5.84. The number of aryl methyl sites for hydroxylation is 1. The van der Waals surface area contributed by atoms with Gasteiger partial charge in [0.2, 0.25) is 0 Å². The zero-order chi connectivity index (χ0) is 15.9. The van der Waals surface area contributed by atoms with Crippen LogP contribution in [-0.2, 0) is 0 Å². The van der Waals surface area contributed by atoms with Crippen LogP contribution in [-0.4, -0.2) is 40.8 Å². The molecule has 0 bridgehead atoms. The van der Waals surface area contributed by atoms with E-state index in [9.17, 15) is 15.3 Å². The standard InChI is InChI=1S/C17H18N2O3/c1-12-2-4-16(21)13(8-12)10-18-6-7-19-11-14-9-15(20)3-5-17(14)22/h2-5,8-11,20-22H,6-7H2,1H3. The Labute approximate surface area is 128 Å². The molecule has 0 atom stereocenters. The lowest BCUT2D eigenvalue weighted by Gasteiger charge is -2.00. The molecule has 0 heterocycles. The topological polar surface area (TPSA) is 85.4 Å². The van der Waals surface area contributed by atoms with Crippen LogP contribution in [0.5, 0.6) is 17.2 Å². The number of benzene rings is 2. The van der Waals surface area contributed by atoms with Crippen molar-refractivity contribution in [3.05, 3.63) is 53.1 Å². The molecular formula is C17H18N2O3. The largest absolute Gasteiger partial charge is 0.508 e. The molecule has 0 saturated heterocycles. The van der Waals surface area contributed by atoms with Crippen molar-refractivity contribution in [2.75, 3.05) is 13.1 Å². The summed E-state index contributed by atoms with van der Waals surface area (Å²) in [4.78, 5) is 8.35. The van der Waals surface area contributed by atoms with Crippen molar-refractivity contribution in [1.82, 2.24) is 0 Å². The molecule has 22 heavy (non-hydrogen) atoms. The second-order valence-corrected chi connectivity index (χ2v) is 4.88. The monoisotopic (exact) mass is 298 g/mol. The summed E-state index contributed by atoms with van der Waals surface area (Å²) in [5, 5.41) is 28.6. The fourth-order valence-electron chi connectivity index (χ4n) is 1.86. The maximum Gasteiger partial charge on any atom is 0.124 e. The lowest BCUT2D eigenvalue weighted by atomic mass is 10.1. The zero-order valence-corrected chi connectivity index (χ0v) is 12.3. The summed E-state index contributed by atoms with van der Waals surface area (Å²) in [6, 6.07) is 9.58. The third-order valence-electron chi connectivity index (χ3n) is 3.01. The van der Waals surface area contributed by atoms with Crippen LogP contribution in [0.15, 0.2) is 46.4 Å². The van der Waals surface area contributed by atoms with Crippen molar-refractivity contribution in [3.63, 3.8) is 0 Å². The molecule has 0 aliphatic heterocycles. The molecule has 0 saturated carbocycles. The quantitative estimate of drug-likeness (QED) is 0.450. The number of phenols is 3. The summed E-state index contributed by atoms with van der Waals surface area (Å²) >= 11 is 0. The molecule has 2 aromatic carbocycles. The molecule has 0 amide bonds. The van der Waals surface area contributed by atoms with E-state index in [1.54, 1.807) is 12.3 Å². The minimum absolute atomic E-state index is 0.0646. The molecule has 0 aromatic heterocycles. The number of aliphatic imine (C=N–C) groups is 2. The average molecular weight is 298 g/mol. The lowest BCUT2D eigenvalue weighted by molar-refractivity contribution is 0.459. The summed E-state index contributed by atoms with van der Waals surface area (Å²) in [7, 11) is 0. The van der Waals surface area contributed by atoms with E-state index in [0.29, 0.717) is 24.2 Å². The second-order valence-electron chi connectivity index (χ2n) is 4.88. The molecular weight excluding hydrogens is 280 g/mol. The van der Waals surface area contributed by atoms with Crippen LogP contribution in [0.3, 0.4) is 0 Å². The summed E-state index contributed by atoms with van der Waals surface area (Å²) in [5.41, 5.74) is 2.19. The van der Waals surface area contributed by atoms with Crippen molar-refractivity contribution < 1.29 is 15.3 Å². The first-order chi connectivity index (χ1) is 10.6. The zero-order valence-electron chi connectivity index (χ0n) is 12.3. The Bertz CT molecular complexity index is 648. The van der Waals surface area contributed by atoms with Crippen LogP contribution in [0.1, 0.15) is 16.7 Å². The SMILES string of the molecule is Cc1ccc(O)c(C=NCCN=Cc2cc(O)ccc2O)c1. The van der Waals surface area contributed by atoms with E-state index in [0.717, 1.165) is 5.56 Å². The fourth-order valence-corrected chi connectivity index (χ4v) is 1.86. The number of rotatable bonds is 5. The van der Waals surface area contributed by atoms with Gasteiger partial charge in [-0.3, -0.25) is 9.98 Å². The fraction of sp³-hybridized carbons (Fsp3) is 0.176. The molecule has 0 spiro atoms. The van der Waals surface area contributed by atoms with E-state index in [1.807, 2.05) is 19.1 Å². The molecule has 0 aliphatic rings. The molecule has 0 aliphatic carbocycles. The van der Waals surface area contributed by atoms with Crippen molar-refractivity contribution in [1.29, 1.82) is 0 Å². The van der Waals surface area contributed by atoms with E-state index < -0.39 is 0 Å². The van der Waals surface area contributed by atoms with Crippen LogP contribution in [0, 0.1) is 6.92 Å². The highest BCUT2D eigenvalue weighted by Crippen LogP contribution is 2.20. The van der Waals surface area contributed by atoms with Gasteiger partial charge in [-0.1, -0.05) is 11.6 Å². The van der Waals surface area contributed by atoms with Gasteiger partial charge in [0.25, 0.3) is 0 Å². The summed E-state index contributed by atoms with van der Waals surface area (Å²) in [5.74, 6) is 0.337. The van der Waals surface area contributed by atoms with E-state index in [-0.39, 0.29) is 17.2 Å².